The van der Waals surface area contributed by atoms with Gasteiger partial charge in [0.1, 0.15) is 16.8 Å². The number of nitrogens with zero attached hydrogens (tertiary/aromatic N) is 2. The Balaban J connectivity index is 2.01. The minimum Gasteiger partial charge on any atom is -0.497 e. The summed E-state index contributed by atoms with van der Waals surface area (Å²) in [5, 5.41) is 15.4. The fourth-order valence-corrected chi connectivity index (χ4v) is 2.59. The molecular formula is C15H20N4O2S. The van der Waals surface area contributed by atoms with Gasteiger partial charge in [-0.15, -0.1) is 10.2 Å². The van der Waals surface area contributed by atoms with Crippen molar-refractivity contribution in [3.8, 4) is 5.75 Å². The minimum absolute atomic E-state index is 0.121. The molecule has 1 aromatic heterocycles. The third kappa shape index (κ3) is 4.17. The Morgan fingerprint density at radius 3 is 2.82 bits per heavy atom. The van der Waals surface area contributed by atoms with Crippen molar-refractivity contribution in [2.45, 2.75) is 32.7 Å². The third-order valence-corrected chi connectivity index (χ3v) is 4.12. The van der Waals surface area contributed by atoms with E-state index in [0.717, 1.165) is 22.9 Å². The number of benzene rings is 1. The number of nitrogens with one attached hydrogen (secondary N) is 2. The van der Waals surface area contributed by atoms with Crippen LogP contribution in [0.3, 0.4) is 0 Å². The fraction of sp³-hybridized carbons (Fsp3) is 0.400. The van der Waals surface area contributed by atoms with Crippen LogP contribution in [-0.4, -0.2) is 29.3 Å². The molecule has 7 heteroatoms. The monoisotopic (exact) mass is 320 g/mol. The number of ether oxygens (including phenoxy) is 1. The topological polar surface area (TPSA) is 76.1 Å². The number of rotatable bonds is 7. The molecule has 22 heavy (non-hydrogen) atoms. The second-order valence-electron chi connectivity index (χ2n) is 4.68. The van der Waals surface area contributed by atoms with E-state index in [2.05, 4.69) is 20.8 Å². The zero-order valence-electron chi connectivity index (χ0n) is 12.9. The number of aryl methyl sites for hydroxylation is 1. The first-order valence-electron chi connectivity index (χ1n) is 7.20. The van der Waals surface area contributed by atoms with Gasteiger partial charge in [-0.05, 0) is 25.0 Å². The van der Waals surface area contributed by atoms with Crippen LogP contribution in [0.2, 0.25) is 0 Å². The summed E-state index contributed by atoms with van der Waals surface area (Å²) in [7, 11) is 1.61. The van der Waals surface area contributed by atoms with Crippen LogP contribution in [0.15, 0.2) is 24.3 Å². The molecule has 2 rings (SSSR count). The van der Waals surface area contributed by atoms with Crippen molar-refractivity contribution >= 4 is 28.1 Å². The van der Waals surface area contributed by atoms with Crippen molar-refractivity contribution in [3.05, 3.63) is 29.3 Å². The minimum atomic E-state index is -0.346. The van der Waals surface area contributed by atoms with Gasteiger partial charge in [-0.1, -0.05) is 31.3 Å². The predicted octanol–water partition coefficient (Wildman–Crippen LogP) is 2.94. The molecule has 6 nitrogen and oxygen atoms in total. The lowest BCUT2D eigenvalue weighted by Gasteiger charge is -2.17. The highest BCUT2D eigenvalue weighted by molar-refractivity contribution is 7.15. The van der Waals surface area contributed by atoms with Crippen LogP contribution >= 0.6 is 11.3 Å². The van der Waals surface area contributed by atoms with Gasteiger partial charge in [0.25, 0.3) is 0 Å². The van der Waals surface area contributed by atoms with Crippen LogP contribution in [0.1, 0.15) is 25.3 Å². The van der Waals surface area contributed by atoms with E-state index >= 15 is 0 Å². The molecule has 2 N–H and O–H groups in total. The Bertz CT molecular complexity index is 630. The summed E-state index contributed by atoms with van der Waals surface area (Å²) in [5.41, 5.74) is 0.841. The lowest BCUT2D eigenvalue weighted by Crippen LogP contribution is -2.34. The molecule has 1 heterocycles. The molecule has 1 amide bonds. The Kier molecular flexibility index (Phi) is 5.71. The van der Waals surface area contributed by atoms with Gasteiger partial charge in [-0.2, -0.15) is 0 Å². The van der Waals surface area contributed by atoms with Crippen LogP contribution in [0.25, 0.3) is 0 Å². The predicted molar refractivity (Wildman–Crippen MR) is 88.6 cm³/mol. The molecule has 0 fully saturated rings. The lowest BCUT2D eigenvalue weighted by atomic mass is 10.2. The largest absolute Gasteiger partial charge is 0.497 e. The molecule has 1 atom stereocenters. The van der Waals surface area contributed by atoms with Crippen molar-refractivity contribution < 1.29 is 9.53 Å². The van der Waals surface area contributed by atoms with Gasteiger partial charge >= 0.3 is 0 Å². The molecule has 0 radical (unpaired) electrons. The van der Waals surface area contributed by atoms with E-state index in [-0.39, 0.29) is 11.9 Å². The number of hydrogen-bond acceptors (Lipinski definition) is 6. The molecule has 0 aliphatic carbocycles. The van der Waals surface area contributed by atoms with Crippen LogP contribution in [0.5, 0.6) is 5.75 Å². The molecule has 0 saturated carbocycles. The Morgan fingerprint density at radius 1 is 1.36 bits per heavy atom. The molecule has 0 spiro atoms. The highest BCUT2D eigenvalue weighted by Crippen LogP contribution is 2.19. The Labute approximate surface area is 133 Å². The van der Waals surface area contributed by atoms with Crippen molar-refractivity contribution in [1.29, 1.82) is 0 Å². The van der Waals surface area contributed by atoms with Crippen molar-refractivity contribution in [1.82, 2.24) is 10.2 Å². The van der Waals surface area contributed by atoms with E-state index in [1.165, 1.54) is 11.3 Å². The molecule has 0 aliphatic rings. The highest BCUT2D eigenvalue weighted by atomic mass is 32.1. The number of aromatic nitrogens is 2. The zero-order chi connectivity index (χ0) is 15.9. The van der Waals surface area contributed by atoms with Gasteiger partial charge in [0.2, 0.25) is 11.0 Å². The average Bonchev–Trinajstić information content (AvgIpc) is 3.00. The van der Waals surface area contributed by atoms with E-state index in [9.17, 15) is 4.79 Å². The molecule has 0 aliphatic heterocycles. The van der Waals surface area contributed by atoms with Crippen LogP contribution in [0.4, 0.5) is 10.8 Å². The smallest absolute Gasteiger partial charge is 0.248 e. The number of anilines is 2. The molecular weight excluding hydrogens is 300 g/mol. The summed E-state index contributed by atoms with van der Waals surface area (Å²) in [6.45, 7) is 3.96. The lowest BCUT2D eigenvalue weighted by molar-refractivity contribution is -0.117. The van der Waals surface area contributed by atoms with Gasteiger partial charge in [0, 0.05) is 11.8 Å². The molecule has 0 bridgehead atoms. The summed E-state index contributed by atoms with van der Waals surface area (Å²) in [5.74, 6) is 0.626. The van der Waals surface area contributed by atoms with Gasteiger partial charge in [0.15, 0.2) is 0 Å². The number of amides is 1. The number of carbonyl (C=O) groups is 1. The maximum Gasteiger partial charge on any atom is 0.248 e. The molecule has 118 valence electrons. The highest BCUT2D eigenvalue weighted by Gasteiger charge is 2.18. The van der Waals surface area contributed by atoms with Crippen molar-refractivity contribution in [2.24, 2.45) is 0 Å². The number of carbonyl (C=O) groups excluding carboxylic acids is 1. The van der Waals surface area contributed by atoms with E-state index in [4.69, 9.17) is 4.74 Å². The van der Waals surface area contributed by atoms with Gasteiger partial charge < -0.3 is 10.1 Å². The number of methoxy groups -OCH3 is 1. The SMILES string of the molecule is CCc1nnc(NC(=O)[C@H](CC)Nc2cccc(OC)c2)s1. The Morgan fingerprint density at radius 2 is 2.18 bits per heavy atom. The standard InChI is InChI=1S/C15H20N4O2S/c1-4-12(16-10-7-6-8-11(9-10)21-3)14(20)17-15-19-18-13(5-2)22-15/h6-9,12,16H,4-5H2,1-3H3,(H,17,19,20)/t12-/m0/s1. The van der Waals surface area contributed by atoms with Gasteiger partial charge in [-0.3, -0.25) is 10.1 Å². The van der Waals surface area contributed by atoms with Crippen LogP contribution in [0, 0.1) is 0 Å². The average molecular weight is 320 g/mol. The fourth-order valence-electron chi connectivity index (χ4n) is 1.91. The first-order chi connectivity index (χ1) is 10.7. The summed E-state index contributed by atoms with van der Waals surface area (Å²) < 4.78 is 5.18. The summed E-state index contributed by atoms with van der Waals surface area (Å²) >= 11 is 1.40. The molecule has 0 unspecified atom stereocenters. The molecule has 1 aromatic carbocycles. The Hall–Kier alpha value is -2.15. The summed E-state index contributed by atoms with van der Waals surface area (Å²) in [6.07, 6.45) is 1.47. The molecule has 0 saturated heterocycles. The summed E-state index contributed by atoms with van der Waals surface area (Å²) in [4.78, 5) is 12.3. The molecule has 2 aromatic rings. The van der Waals surface area contributed by atoms with Crippen LogP contribution < -0.4 is 15.4 Å². The number of hydrogen-bond donors (Lipinski definition) is 2. The van der Waals surface area contributed by atoms with Gasteiger partial charge in [-0.25, -0.2) is 0 Å². The van der Waals surface area contributed by atoms with Crippen LogP contribution in [-0.2, 0) is 11.2 Å². The second kappa shape index (κ2) is 7.74. The first-order valence-corrected chi connectivity index (χ1v) is 8.01. The zero-order valence-corrected chi connectivity index (χ0v) is 13.7. The van der Waals surface area contributed by atoms with E-state index in [0.29, 0.717) is 11.6 Å². The van der Waals surface area contributed by atoms with Crippen molar-refractivity contribution in [2.75, 3.05) is 17.7 Å². The first kappa shape index (κ1) is 16.2. The maximum atomic E-state index is 12.3. The van der Waals surface area contributed by atoms with Gasteiger partial charge in [0.05, 0.1) is 7.11 Å². The van der Waals surface area contributed by atoms with Crippen molar-refractivity contribution in [3.63, 3.8) is 0 Å². The normalized spacial score (nSPS) is 11.8. The van der Waals surface area contributed by atoms with E-state index < -0.39 is 0 Å². The maximum absolute atomic E-state index is 12.3. The summed E-state index contributed by atoms with van der Waals surface area (Å²) in [6, 6.07) is 7.15. The van der Waals surface area contributed by atoms with E-state index in [1.54, 1.807) is 7.11 Å². The van der Waals surface area contributed by atoms with E-state index in [1.807, 2.05) is 38.1 Å². The third-order valence-electron chi connectivity index (χ3n) is 3.13. The second-order valence-corrected chi connectivity index (χ2v) is 5.74. The quantitative estimate of drug-likeness (QED) is 0.820.